The number of imidazole rings is 1. The van der Waals surface area contributed by atoms with Crippen LogP contribution in [-0.4, -0.2) is 15.9 Å². The van der Waals surface area contributed by atoms with E-state index in [1.807, 2.05) is 0 Å². The third kappa shape index (κ3) is 2.61. The molecule has 0 bridgehead atoms. The molecule has 0 fully saturated rings. The molecule has 0 saturated heterocycles. The summed E-state index contributed by atoms with van der Waals surface area (Å²) in [4.78, 5) is 17.1. The Morgan fingerprint density at radius 3 is 2.92 bits per heavy atom. The largest absolute Gasteiger partial charge is 0.370 e. The summed E-state index contributed by atoms with van der Waals surface area (Å²) in [5.41, 5.74) is 11.2. The van der Waals surface area contributed by atoms with Crippen LogP contribution < -0.4 is 11.5 Å². The molecule has 5 heteroatoms. The molecule has 12 heavy (non-hydrogen) atoms. The van der Waals surface area contributed by atoms with Gasteiger partial charge in [0.2, 0.25) is 5.91 Å². The Morgan fingerprint density at radius 1 is 1.67 bits per heavy atom. The molecule has 0 unspecified atom stereocenters. The Labute approximate surface area is 70.2 Å². The Morgan fingerprint density at radius 2 is 2.42 bits per heavy atom. The molecule has 1 rings (SSSR count). The predicted octanol–water partition coefficient (Wildman–Crippen LogP) is -0.200. The number of nitrogens with one attached hydrogen (secondary N) is 1. The minimum absolute atomic E-state index is 0.279. The SMILES string of the molecule is NC(=O)CCCc1c[nH]c(N)n1. The van der Waals surface area contributed by atoms with Crippen LogP contribution in [0.3, 0.4) is 0 Å². The van der Waals surface area contributed by atoms with Gasteiger partial charge >= 0.3 is 0 Å². The maximum atomic E-state index is 10.4. The fraction of sp³-hybridized carbons (Fsp3) is 0.429. The first-order valence-electron chi connectivity index (χ1n) is 3.76. The lowest BCUT2D eigenvalue weighted by Gasteiger charge is -1.92. The van der Waals surface area contributed by atoms with Gasteiger partial charge in [0, 0.05) is 12.6 Å². The van der Waals surface area contributed by atoms with E-state index in [2.05, 4.69) is 9.97 Å². The van der Waals surface area contributed by atoms with Crippen LogP contribution in [0.15, 0.2) is 6.20 Å². The zero-order valence-corrected chi connectivity index (χ0v) is 6.71. The monoisotopic (exact) mass is 168 g/mol. The van der Waals surface area contributed by atoms with Crippen molar-refractivity contribution < 1.29 is 4.79 Å². The molecule has 0 aliphatic rings. The van der Waals surface area contributed by atoms with E-state index in [9.17, 15) is 4.79 Å². The van der Waals surface area contributed by atoms with Crippen molar-refractivity contribution in [1.82, 2.24) is 9.97 Å². The second-order valence-corrected chi connectivity index (χ2v) is 2.60. The number of aryl methyl sites for hydroxylation is 1. The van der Waals surface area contributed by atoms with Crippen molar-refractivity contribution in [2.75, 3.05) is 5.73 Å². The smallest absolute Gasteiger partial charge is 0.217 e. The van der Waals surface area contributed by atoms with Gasteiger partial charge in [0.05, 0.1) is 5.69 Å². The number of primary amides is 1. The van der Waals surface area contributed by atoms with Gasteiger partial charge in [-0.1, -0.05) is 0 Å². The number of nitrogens with zero attached hydrogens (tertiary/aromatic N) is 1. The molecule has 1 aromatic rings. The summed E-state index contributed by atoms with van der Waals surface area (Å²) >= 11 is 0. The van der Waals surface area contributed by atoms with Gasteiger partial charge in [-0.15, -0.1) is 0 Å². The van der Waals surface area contributed by atoms with Crippen LogP contribution in [0.1, 0.15) is 18.5 Å². The van der Waals surface area contributed by atoms with Gasteiger partial charge in [-0.3, -0.25) is 4.79 Å². The molecule has 0 radical (unpaired) electrons. The van der Waals surface area contributed by atoms with E-state index in [4.69, 9.17) is 11.5 Å². The highest BCUT2D eigenvalue weighted by molar-refractivity contribution is 5.73. The fourth-order valence-corrected chi connectivity index (χ4v) is 0.948. The normalized spacial score (nSPS) is 10.0. The van der Waals surface area contributed by atoms with Gasteiger partial charge in [0.15, 0.2) is 5.95 Å². The molecular formula is C7H12N4O. The van der Waals surface area contributed by atoms with E-state index >= 15 is 0 Å². The molecule has 0 saturated carbocycles. The van der Waals surface area contributed by atoms with Crippen LogP contribution in [0.2, 0.25) is 0 Å². The summed E-state index contributed by atoms with van der Waals surface area (Å²) < 4.78 is 0. The average molecular weight is 168 g/mol. The zero-order chi connectivity index (χ0) is 8.97. The van der Waals surface area contributed by atoms with Gasteiger partial charge < -0.3 is 16.5 Å². The Kier molecular flexibility index (Phi) is 2.68. The Balaban J connectivity index is 2.29. The first-order valence-corrected chi connectivity index (χ1v) is 3.76. The number of anilines is 1. The van der Waals surface area contributed by atoms with Crippen LogP contribution in [-0.2, 0) is 11.2 Å². The van der Waals surface area contributed by atoms with Crippen LogP contribution in [0.5, 0.6) is 0 Å². The van der Waals surface area contributed by atoms with Crippen molar-refractivity contribution in [1.29, 1.82) is 0 Å². The molecule has 0 spiro atoms. The summed E-state index contributed by atoms with van der Waals surface area (Å²) in [6.07, 6.45) is 3.58. The fourth-order valence-electron chi connectivity index (χ4n) is 0.948. The summed E-state index contributed by atoms with van der Waals surface area (Å²) in [6, 6.07) is 0. The molecule has 1 aromatic heterocycles. The van der Waals surface area contributed by atoms with Crippen molar-refractivity contribution >= 4 is 11.9 Å². The van der Waals surface area contributed by atoms with Crippen molar-refractivity contribution in [3.8, 4) is 0 Å². The maximum absolute atomic E-state index is 10.4. The lowest BCUT2D eigenvalue weighted by Crippen LogP contribution is -2.10. The minimum Gasteiger partial charge on any atom is -0.370 e. The average Bonchev–Trinajstić information content (AvgIpc) is 2.35. The van der Waals surface area contributed by atoms with Crippen molar-refractivity contribution in [3.05, 3.63) is 11.9 Å². The number of carbonyl (C=O) groups excluding carboxylic acids is 1. The molecule has 0 aromatic carbocycles. The van der Waals surface area contributed by atoms with Crippen molar-refractivity contribution in [2.24, 2.45) is 5.73 Å². The van der Waals surface area contributed by atoms with Crippen LogP contribution in [0.4, 0.5) is 5.95 Å². The van der Waals surface area contributed by atoms with Crippen LogP contribution in [0, 0.1) is 0 Å². The summed E-state index contributed by atoms with van der Waals surface area (Å²) in [6.45, 7) is 0. The third-order valence-corrected chi connectivity index (χ3v) is 1.51. The predicted molar refractivity (Wildman–Crippen MR) is 45.1 cm³/mol. The molecule has 0 aliphatic heterocycles. The number of rotatable bonds is 4. The molecule has 1 heterocycles. The molecule has 0 aliphatic carbocycles. The lowest BCUT2D eigenvalue weighted by molar-refractivity contribution is -0.118. The van der Waals surface area contributed by atoms with Crippen LogP contribution in [0.25, 0.3) is 0 Å². The van der Waals surface area contributed by atoms with Gasteiger partial charge in [0.25, 0.3) is 0 Å². The molecular weight excluding hydrogens is 156 g/mol. The standard InChI is InChI=1S/C7H12N4O/c8-6(12)3-1-2-5-4-10-7(9)11-5/h4H,1-3H2,(H2,8,12)(H3,9,10,11). The van der Waals surface area contributed by atoms with Crippen LogP contribution >= 0.6 is 0 Å². The first-order chi connectivity index (χ1) is 5.68. The van der Waals surface area contributed by atoms with E-state index in [0.717, 1.165) is 18.5 Å². The highest BCUT2D eigenvalue weighted by Gasteiger charge is 1.99. The molecule has 66 valence electrons. The number of hydrogen-bond donors (Lipinski definition) is 3. The Hall–Kier alpha value is -1.52. The molecule has 1 amide bonds. The second kappa shape index (κ2) is 3.75. The number of nitrogen functional groups attached to an aromatic ring is 1. The van der Waals surface area contributed by atoms with Gasteiger partial charge in [-0.25, -0.2) is 4.98 Å². The number of amides is 1. The Bertz CT molecular complexity index is 268. The van der Waals surface area contributed by atoms with Crippen molar-refractivity contribution in [2.45, 2.75) is 19.3 Å². The number of aromatic nitrogens is 2. The van der Waals surface area contributed by atoms with E-state index in [0.29, 0.717) is 12.4 Å². The number of carbonyl (C=O) groups is 1. The second-order valence-electron chi connectivity index (χ2n) is 2.60. The van der Waals surface area contributed by atoms with Gasteiger partial charge in [-0.2, -0.15) is 0 Å². The van der Waals surface area contributed by atoms with Crippen molar-refractivity contribution in [3.63, 3.8) is 0 Å². The van der Waals surface area contributed by atoms with E-state index < -0.39 is 0 Å². The van der Waals surface area contributed by atoms with E-state index in [-0.39, 0.29) is 5.91 Å². The number of nitrogens with two attached hydrogens (primary N) is 2. The number of H-pyrrole nitrogens is 1. The highest BCUT2D eigenvalue weighted by atomic mass is 16.1. The summed E-state index contributed by atoms with van der Waals surface area (Å²) in [7, 11) is 0. The minimum atomic E-state index is -0.279. The molecule has 5 nitrogen and oxygen atoms in total. The lowest BCUT2D eigenvalue weighted by atomic mass is 10.2. The van der Waals surface area contributed by atoms with Gasteiger partial charge in [0.1, 0.15) is 0 Å². The zero-order valence-electron chi connectivity index (χ0n) is 6.71. The van der Waals surface area contributed by atoms with E-state index in [1.54, 1.807) is 6.20 Å². The maximum Gasteiger partial charge on any atom is 0.217 e. The molecule has 5 N–H and O–H groups in total. The van der Waals surface area contributed by atoms with Gasteiger partial charge in [-0.05, 0) is 12.8 Å². The third-order valence-electron chi connectivity index (χ3n) is 1.51. The van der Waals surface area contributed by atoms with E-state index in [1.165, 1.54) is 0 Å². The topological polar surface area (TPSA) is 97.8 Å². The number of aromatic amines is 1. The quantitative estimate of drug-likeness (QED) is 0.580. The molecule has 0 atom stereocenters. The first kappa shape index (κ1) is 8.58. The highest BCUT2D eigenvalue weighted by Crippen LogP contribution is 2.02. The summed E-state index contributed by atoms with van der Waals surface area (Å²) in [5, 5.41) is 0. The summed E-state index contributed by atoms with van der Waals surface area (Å²) in [5.74, 6) is 0.127. The number of hydrogen-bond acceptors (Lipinski definition) is 3.